The Balaban J connectivity index is 2.27. The molecule has 2 atom stereocenters. The molecular formula is C16H20N6O. The first-order valence-corrected chi connectivity index (χ1v) is 6.76. The minimum absolute atomic E-state index is 0.146. The van der Waals surface area contributed by atoms with Gasteiger partial charge in [-0.05, 0) is 18.4 Å². The standard InChI is InChI=1S/C16H20N6O/c1-11-5-7-22(14(23)8-17-2)9-13(11)21(3)16-12-4-6-18-15(12)19-10-20-16/h4,6,10-11,13H,5,7-9H2,1,3H3,(H,18,19,20)/t11-,13+/m1/s1/i1D3,3D3,8D2,11D,13D. The summed E-state index contributed by atoms with van der Waals surface area (Å²) >= 11 is 0. The number of aromatic nitrogens is 3. The van der Waals surface area contributed by atoms with Crippen LogP contribution in [-0.2, 0) is 4.79 Å². The molecule has 1 fully saturated rings. The monoisotopic (exact) mass is 322 g/mol. The number of likely N-dealkylation sites (tertiary alicyclic amines) is 1. The Morgan fingerprint density at radius 2 is 2.65 bits per heavy atom. The lowest BCUT2D eigenvalue weighted by Crippen LogP contribution is -2.53. The Labute approximate surface area is 149 Å². The summed E-state index contributed by atoms with van der Waals surface area (Å²) in [7, 11) is 0. The molecule has 1 N–H and O–H groups in total. The Morgan fingerprint density at radius 3 is 3.43 bits per heavy atom. The average molecular weight is 322 g/mol. The van der Waals surface area contributed by atoms with Gasteiger partial charge in [0.1, 0.15) is 20.5 Å². The normalized spacial score (nSPS) is 35.7. The van der Waals surface area contributed by atoms with Crippen LogP contribution in [0.1, 0.15) is 27.0 Å². The van der Waals surface area contributed by atoms with Crippen LogP contribution in [0, 0.1) is 12.5 Å². The van der Waals surface area contributed by atoms with E-state index in [4.69, 9.17) is 20.3 Å². The number of rotatable bonds is 3. The van der Waals surface area contributed by atoms with E-state index in [2.05, 4.69) is 19.8 Å². The van der Waals surface area contributed by atoms with Crippen LogP contribution >= 0.6 is 0 Å². The Bertz CT molecular complexity index is 1110. The van der Waals surface area contributed by atoms with E-state index >= 15 is 0 Å². The molecule has 3 rings (SSSR count). The van der Waals surface area contributed by atoms with Crippen molar-refractivity contribution < 1.29 is 18.5 Å². The summed E-state index contributed by atoms with van der Waals surface area (Å²) in [6, 6.07) is -1.41. The van der Waals surface area contributed by atoms with Gasteiger partial charge in [-0.15, -0.1) is 0 Å². The van der Waals surface area contributed by atoms with Crippen molar-refractivity contribution in [3.05, 3.63) is 30.0 Å². The second-order valence-corrected chi connectivity index (χ2v) is 4.90. The number of hydrogen-bond donors (Lipinski definition) is 1. The summed E-state index contributed by atoms with van der Waals surface area (Å²) in [5.74, 6) is -4.41. The van der Waals surface area contributed by atoms with E-state index in [1.807, 2.05) is 0 Å². The number of nitrogens with zero attached hydrogens (tertiary/aromatic N) is 5. The third kappa shape index (κ3) is 2.84. The predicted molar refractivity (Wildman–Crippen MR) is 87.9 cm³/mol. The number of carbonyl (C=O) groups excluding carboxylic acids is 1. The maximum absolute atomic E-state index is 12.6. The van der Waals surface area contributed by atoms with Crippen LogP contribution in [0.3, 0.4) is 0 Å². The first-order valence-electron chi connectivity index (χ1n) is 11.8. The highest BCUT2D eigenvalue weighted by molar-refractivity contribution is 5.87. The molecule has 0 aliphatic carbocycles. The molecular weight excluding hydrogens is 292 g/mol. The van der Waals surface area contributed by atoms with Gasteiger partial charge in [0.05, 0.1) is 12.8 Å². The highest BCUT2D eigenvalue weighted by atomic mass is 16.2. The average Bonchev–Trinajstić information content (AvgIpc) is 3.17. The zero-order valence-corrected chi connectivity index (χ0v) is 12.0. The molecule has 2 aromatic heterocycles. The van der Waals surface area contributed by atoms with Crippen LogP contribution in [0.25, 0.3) is 15.9 Å². The van der Waals surface area contributed by atoms with Crippen LogP contribution < -0.4 is 4.90 Å². The highest BCUT2D eigenvalue weighted by Gasteiger charge is 2.33. The molecule has 1 saturated heterocycles. The van der Waals surface area contributed by atoms with Crippen LogP contribution in [0.15, 0.2) is 18.6 Å². The van der Waals surface area contributed by atoms with E-state index in [9.17, 15) is 4.79 Å². The maximum atomic E-state index is 12.6. The molecule has 3 heterocycles. The van der Waals surface area contributed by atoms with Gasteiger partial charge in [0.25, 0.3) is 6.50 Å². The van der Waals surface area contributed by atoms with Crippen LogP contribution in [-0.4, -0.2) is 58.3 Å². The largest absolute Gasteiger partial charge is 0.354 e. The topological polar surface area (TPSA) is 69.5 Å². The number of H-pyrrole nitrogens is 1. The van der Waals surface area contributed by atoms with E-state index < -0.39 is 57.7 Å². The molecule has 0 unspecified atom stereocenters. The fourth-order valence-electron chi connectivity index (χ4n) is 2.41. The molecule has 7 heteroatoms. The number of likely N-dealkylation sites (N-methyl/N-ethyl adjacent to an activating group) is 1. The number of nitrogens with one attached hydrogen (secondary N) is 1. The zero-order chi connectivity index (χ0) is 25.0. The van der Waals surface area contributed by atoms with Crippen LogP contribution in [0.2, 0.25) is 0 Å². The van der Waals surface area contributed by atoms with Gasteiger partial charge in [-0.3, -0.25) is 4.79 Å². The molecule has 2 aromatic rings. The fourth-order valence-corrected chi connectivity index (χ4v) is 2.41. The number of aromatic amines is 1. The maximum Gasteiger partial charge on any atom is 0.302 e. The van der Waals surface area contributed by atoms with Crippen molar-refractivity contribution in [1.29, 1.82) is 0 Å². The fraction of sp³-hybridized carbons (Fsp3) is 0.500. The molecule has 7 nitrogen and oxygen atoms in total. The third-order valence-electron chi connectivity index (χ3n) is 3.57. The second kappa shape index (κ2) is 6.24. The number of fused-ring (bicyclic) bond motifs is 1. The van der Waals surface area contributed by atoms with Gasteiger partial charge >= 0.3 is 5.91 Å². The zero-order valence-electron chi connectivity index (χ0n) is 22.0. The van der Waals surface area contributed by atoms with E-state index in [0.29, 0.717) is 4.90 Å². The van der Waals surface area contributed by atoms with E-state index in [0.717, 1.165) is 11.2 Å². The predicted octanol–water partition coefficient (Wildman–Crippen LogP) is 1.55. The van der Waals surface area contributed by atoms with E-state index in [1.165, 1.54) is 12.3 Å². The van der Waals surface area contributed by atoms with Crippen LogP contribution in [0.5, 0.6) is 0 Å². The Kier molecular flexibility index (Phi) is 1.98. The molecule has 0 aromatic carbocycles. The second-order valence-electron chi connectivity index (χ2n) is 4.90. The van der Waals surface area contributed by atoms with Crippen LogP contribution in [0.4, 0.5) is 5.82 Å². The Morgan fingerprint density at radius 1 is 1.74 bits per heavy atom. The third-order valence-corrected chi connectivity index (χ3v) is 3.57. The van der Waals surface area contributed by atoms with Crippen molar-refractivity contribution in [3.8, 4) is 0 Å². The van der Waals surface area contributed by atoms with Crippen molar-refractivity contribution in [2.45, 2.75) is 19.3 Å². The summed E-state index contributed by atoms with van der Waals surface area (Å²) in [6.45, 7) is -3.83. The van der Waals surface area contributed by atoms with Crippen molar-refractivity contribution >= 4 is 22.8 Å². The van der Waals surface area contributed by atoms with Crippen molar-refractivity contribution in [3.63, 3.8) is 0 Å². The van der Waals surface area contributed by atoms with E-state index in [-0.39, 0.29) is 16.9 Å². The van der Waals surface area contributed by atoms with Gasteiger partial charge in [-0.1, -0.05) is 6.85 Å². The molecule has 1 aliphatic rings. The number of piperidine rings is 1. The lowest BCUT2D eigenvalue weighted by atomic mass is 9.92. The lowest BCUT2D eigenvalue weighted by Gasteiger charge is -2.41. The minimum atomic E-state index is -3.19. The quantitative estimate of drug-likeness (QED) is 0.871. The van der Waals surface area contributed by atoms with Crippen molar-refractivity contribution in [1.82, 2.24) is 19.9 Å². The summed E-state index contributed by atoms with van der Waals surface area (Å²) in [6.07, 6.45) is 1.79. The smallest absolute Gasteiger partial charge is 0.302 e. The lowest BCUT2D eigenvalue weighted by molar-refractivity contribution is -0.130. The van der Waals surface area contributed by atoms with Crippen molar-refractivity contribution in [2.24, 2.45) is 5.89 Å². The molecule has 23 heavy (non-hydrogen) atoms. The molecule has 0 saturated carbocycles. The van der Waals surface area contributed by atoms with Gasteiger partial charge in [-0.25, -0.2) is 16.5 Å². The molecule has 1 aliphatic heterocycles. The van der Waals surface area contributed by atoms with Gasteiger partial charge in [-0.2, -0.15) is 0 Å². The number of hydrogen-bond acceptors (Lipinski definition) is 4. The first kappa shape index (κ1) is 7.30. The summed E-state index contributed by atoms with van der Waals surface area (Å²) < 4.78 is 81.3. The summed E-state index contributed by atoms with van der Waals surface area (Å²) in [5.41, 5.74) is 0.204. The molecule has 0 bridgehead atoms. The number of carbonyl (C=O) groups is 1. The molecule has 0 spiro atoms. The van der Waals surface area contributed by atoms with Gasteiger partial charge in [0.15, 0.2) is 0 Å². The first-order chi connectivity index (χ1) is 15.0. The SMILES string of the molecule is [2H]C([2H])([N+]#[C-])C(=O)N1CC[C@@]([2H])(C([2H])([2H])[2H])[C@@]([2H])(N(c2ncnc3[nH]ccc23)C([2H])([2H])[2H])C1. The number of amides is 1. The highest BCUT2D eigenvalue weighted by Crippen LogP contribution is 2.28. The molecule has 120 valence electrons. The van der Waals surface area contributed by atoms with E-state index in [1.54, 1.807) is 0 Å². The molecule has 0 radical (unpaired) electrons. The summed E-state index contributed by atoms with van der Waals surface area (Å²) in [4.78, 5) is 27.1. The molecule has 1 amide bonds. The van der Waals surface area contributed by atoms with Gasteiger partial charge in [0, 0.05) is 35.9 Å². The van der Waals surface area contributed by atoms with Gasteiger partial charge in [0.2, 0.25) is 0 Å². The minimum Gasteiger partial charge on any atom is -0.354 e. The van der Waals surface area contributed by atoms with Gasteiger partial charge < -0.3 is 19.6 Å². The van der Waals surface area contributed by atoms with Crippen molar-refractivity contribution in [2.75, 3.05) is 31.5 Å². The summed E-state index contributed by atoms with van der Waals surface area (Å²) in [5, 5.41) is 0.146. The Hall–Kier alpha value is -2.62. The number of anilines is 1.